The van der Waals surface area contributed by atoms with Crippen molar-refractivity contribution in [3.05, 3.63) is 72.3 Å². The second-order valence-corrected chi connectivity index (χ2v) is 7.24. The maximum absolute atomic E-state index is 9.38. The summed E-state index contributed by atoms with van der Waals surface area (Å²) in [6, 6.07) is 22.7. The standard InChI is InChI=1S/C18H18OS/c1-20(17-11-9-16(19)10-12-17)13-15-7-4-6-14-5-2-3-8-18(14)15/h2-12,19-20H,13H2,1H3. The first kappa shape index (κ1) is 13.1. The van der Waals surface area contributed by atoms with E-state index in [1.54, 1.807) is 12.1 Å². The van der Waals surface area contributed by atoms with Crippen LogP contribution in [0.1, 0.15) is 5.56 Å². The van der Waals surface area contributed by atoms with Crippen molar-refractivity contribution in [2.75, 3.05) is 6.26 Å². The van der Waals surface area contributed by atoms with Crippen LogP contribution in [0, 0.1) is 0 Å². The third-order valence-corrected chi connectivity index (χ3v) is 5.57. The fraction of sp³-hybridized carbons (Fsp3) is 0.111. The summed E-state index contributed by atoms with van der Waals surface area (Å²) in [5.41, 5.74) is 1.41. The Kier molecular flexibility index (Phi) is 3.66. The molecule has 1 atom stereocenters. The van der Waals surface area contributed by atoms with Crippen LogP contribution < -0.4 is 0 Å². The van der Waals surface area contributed by atoms with Gasteiger partial charge in [0.1, 0.15) is 5.75 Å². The molecule has 3 aromatic carbocycles. The molecule has 0 aromatic heterocycles. The normalized spacial score (nSPS) is 13.3. The number of aromatic hydroxyl groups is 1. The molecule has 102 valence electrons. The van der Waals surface area contributed by atoms with Crippen LogP contribution in [0.3, 0.4) is 0 Å². The Bertz CT molecular complexity index is 714. The molecule has 0 heterocycles. The Hall–Kier alpha value is -1.93. The molecule has 0 fully saturated rings. The van der Waals surface area contributed by atoms with Gasteiger partial charge >= 0.3 is 0 Å². The Morgan fingerprint density at radius 2 is 1.55 bits per heavy atom. The molecule has 0 radical (unpaired) electrons. The van der Waals surface area contributed by atoms with Crippen molar-refractivity contribution in [1.29, 1.82) is 0 Å². The molecular weight excluding hydrogens is 264 g/mol. The number of rotatable bonds is 3. The van der Waals surface area contributed by atoms with Gasteiger partial charge in [0.05, 0.1) is 0 Å². The number of benzene rings is 3. The molecular formula is C18H18OS. The van der Waals surface area contributed by atoms with E-state index in [4.69, 9.17) is 0 Å². The first-order valence-electron chi connectivity index (χ1n) is 6.71. The van der Waals surface area contributed by atoms with E-state index in [1.165, 1.54) is 21.2 Å². The van der Waals surface area contributed by atoms with Crippen molar-refractivity contribution in [1.82, 2.24) is 0 Å². The first-order valence-corrected chi connectivity index (χ1v) is 8.68. The minimum Gasteiger partial charge on any atom is -0.508 e. The largest absolute Gasteiger partial charge is 0.508 e. The van der Waals surface area contributed by atoms with Gasteiger partial charge in [-0.25, -0.2) is 10.9 Å². The highest BCUT2D eigenvalue weighted by atomic mass is 32.2. The summed E-state index contributed by atoms with van der Waals surface area (Å²) in [4.78, 5) is 1.32. The van der Waals surface area contributed by atoms with Gasteiger partial charge in [0, 0.05) is 5.75 Å². The zero-order valence-electron chi connectivity index (χ0n) is 11.5. The fourth-order valence-corrected chi connectivity index (χ4v) is 4.11. The molecule has 0 aliphatic rings. The molecule has 3 aromatic rings. The van der Waals surface area contributed by atoms with E-state index in [-0.39, 0.29) is 10.9 Å². The number of hydrogen-bond donors (Lipinski definition) is 2. The summed E-state index contributed by atoms with van der Waals surface area (Å²) in [7, 11) is -0.249. The predicted octanol–water partition coefficient (Wildman–Crippen LogP) is 4.74. The first-order chi connectivity index (χ1) is 9.74. The monoisotopic (exact) mass is 282 g/mol. The fourth-order valence-electron chi connectivity index (χ4n) is 2.48. The lowest BCUT2D eigenvalue weighted by molar-refractivity contribution is 0.475. The number of phenols is 1. The second-order valence-electron chi connectivity index (χ2n) is 5.01. The van der Waals surface area contributed by atoms with Gasteiger partial charge in [0.2, 0.25) is 0 Å². The SMILES string of the molecule is C[SH](Cc1cccc2ccccc12)c1ccc(O)cc1. The van der Waals surface area contributed by atoms with Crippen molar-refractivity contribution in [3.8, 4) is 5.75 Å². The Morgan fingerprint density at radius 3 is 2.35 bits per heavy atom. The van der Waals surface area contributed by atoms with Crippen molar-refractivity contribution in [2.24, 2.45) is 0 Å². The summed E-state index contributed by atoms with van der Waals surface area (Å²) in [5.74, 6) is 1.41. The van der Waals surface area contributed by atoms with E-state index < -0.39 is 0 Å². The van der Waals surface area contributed by atoms with E-state index in [2.05, 4.69) is 48.7 Å². The van der Waals surface area contributed by atoms with E-state index in [9.17, 15) is 5.11 Å². The van der Waals surface area contributed by atoms with Gasteiger partial charge in [-0.1, -0.05) is 42.5 Å². The van der Waals surface area contributed by atoms with Crippen LogP contribution >= 0.6 is 10.9 Å². The quantitative estimate of drug-likeness (QED) is 0.665. The van der Waals surface area contributed by atoms with Crippen molar-refractivity contribution < 1.29 is 5.11 Å². The summed E-state index contributed by atoms with van der Waals surface area (Å²) in [6.45, 7) is 0. The molecule has 2 heteroatoms. The van der Waals surface area contributed by atoms with Gasteiger partial charge in [-0.3, -0.25) is 0 Å². The summed E-state index contributed by atoms with van der Waals surface area (Å²) >= 11 is 0. The summed E-state index contributed by atoms with van der Waals surface area (Å²) in [6.07, 6.45) is 2.30. The molecule has 1 unspecified atom stereocenters. The van der Waals surface area contributed by atoms with Crippen LogP contribution in [0.25, 0.3) is 10.8 Å². The van der Waals surface area contributed by atoms with Crippen LogP contribution in [0.4, 0.5) is 0 Å². The number of thiol groups is 1. The van der Waals surface area contributed by atoms with Gasteiger partial charge in [-0.05, 0) is 51.8 Å². The molecule has 3 rings (SSSR count). The third-order valence-electron chi connectivity index (χ3n) is 3.58. The molecule has 0 amide bonds. The number of hydrogen-bond acceptors (Lipinski definition) is 1. The minimum absolute atomic E-state index is 0.249. The second kappa shape index (κ2) is 5.59. The highest BCUT2D eigenvalue weighted by Crippen LogP contribution is 2.38. The topological polar surface area (TPSA) is 20.2 Å². The molecule has 0 aliphatic carbocycles. The van der Waals surface area contributed by atoms with Gasteiger partial charge in [0.15, 0.2) is 0 Å². The maximum Gasteiger partial charge on any atom is 0.115 e. The molecule has 20 heavy (non-hydrogen) atoms. The average molecular weight is 282 g/mol. The van der Waals surface area contributed by atoms with E-state index >= 15 is 0 Å². The third kappa shape index (κ3) is 2.66. The maximum atomic E-state index is 9.38. The Balaban J connectivity index is 1.91. The average Bonchev–Trinajstić information content (AvgIpc) is 2.48. The zero-order valence-corrected chi connectivity index (χ0v) is 12.3. The smallest absolute Gasteiger partial charge is 0.115 e. The molecule has 1 nitrogen and oxygen atoms in total. The highest BCUT2D eigenvalue weighted by molar-refractivity contribution is 8.15. The van der Waals surface area contributed by atoms with Gasteiger partial charge < -0.3 is 5.11 Å². The number of phenolic OH excluding ortho intramolecular Hbond substituents is 1. The van der Waals surface area contributed by atoms with Gasteiger partial charge in [-0.2, -0.15) is 0 Å². The van der Waals surface area contributed by atoms with E-state index in [1.807, 2.05) is 12.1 Å². The summed E-state index contributed by atoms with van der Waals surface area (Å²) < 4.78 is 0. The lowest BCUT2D eigenvalue weighted by Crippen LogP contribution is -1.89. The van der Waals surface area contributed by atoms with Crippen LogP contribution in [-0.2, 0) is 5.75 Å². The predicted molar refractivity (Wildman–Crippen MR) is 88.9 cm³/mol. The lowest BCUT2D eigenvalue weighted by atomic mass is 10.1. The Morgan fingerprint density at radius 1 is 0.850 bits per heavy atom. The summed E-state index contributed by atoms with van der Waals surface area (Å²) in [5, 5.41) is 12.0. The van der Waals surface area contributed by atoms with E-state index in [0.29, 0.717) is 5.75 Å². The zero-order chi connectivity index (χ0) is 13.9. The van der Waals surface area contributed by atoms with Crippen molar-refractivity contribution in [3.63, 3.8) is 0 Å². The minimum atomic E-state index is -0.249. The lowest BCUT2D eigenvalue weighted by Gasteiger charge is -2.18. The highest BCUT2D eigenvalue weighted by Gasteiger charge is 2.06. The van der Waals surface area contributed by atoms with Gasteiger partial charge in [-0.15, -0.1) is 0 Å². The molecule has 0 spiro atoms. The molecule has 1 N–H and O–H groups in total. The van der Waals surface area contributed by atoms with Gasteiger partial charge in [0.25, 0.3) is 0 Å². The molecule has 0 bridgehead atoms. The van der Waals surface area contributed by atoms with Crippen molar-refractivity contribution in [2.45, 2.75) is 10.6 Å². The van der Waals surface area contributed by atoms with Crippen molar-refractivity contribution >= 4 is 21.7 Å². The number of fused-ring (bicyclic) bond motifs is 1. The Labute approximate surface area is 122 Å². The van der Waals surface area contributed by atoms with Crippen LogP contribution in [0.15, 0.2) is 71.6 Å². The molecule has 0 saturated carbocycles. The molecule has 0 aliphatic heterocycles. The van der Waals surface area contributed by atoms with Crippen LogP contribution in [0.2, 0.25) is 0 Å². The van der Waals surface area contributed by atoms with E-state index in [0.717, 1.165) is 5.75 Å². The van der Waals surface area contributed by atoms with Crippen LogP contribution in [-0.4, -0.2) is 11.4 Å². The molecule has 0 saturated heterocycles. The van der Waals surface area contributed by atoms with Crippen LogP contribution in [0.5, 0.6) is 5.75 Å².